The second-order valence-corrected chi connectivity index (χ2v) is 5.18. The van der Waals surface area contributed by atoms with Crippen molar-refractivity contribution < 1.29 is 9.84 Å². The quantitative estimate of drug-likeness (QED) is 0.784. The van der Waals surface area contributed by atoms with Crippen LogP contribution in [-0.2, 0) is 4.74 Å². The molecule has 0 heterocycles. The first-order valence-corrected chi connectivity index (χ1v) is 6.03. The molecule has 0 aliphatic rings. The van der Waals surface area contributed by atoms with Crippen LogP contribution in [0.15, 0.2) is 24.3 Å². The lowest BCUT2D eigenvalue weighted by molar-refractivity contribution is -0.0449. The highest BCUT2D eigenvalue weighted by molar-refractivity contribution is 5.49. The Kier molecular flexibility index (Phi) is 5.21. The lowest BCUT2D eigenvalue weighted by Gasteiger charge is -2.22. The Morgan fingerprint density at radius 1 is 1.44 bits per heavy atom. The fourth-order valence-corrected chi connectivity index (χ4v) is 1.36. The van der Waals surface area contributed by atoms with Crippen molar-refractivity contribution in [2.24, 2.45) is 0 Å². The maximum absolute atomic E-state index is 9.77. The smallest absolute Gasteiger partial charge is 0.0945 e. The van der Waals surface area contributed by atoms with Gasteiger partial charge in [-0.25, -0.2) is 0 Å². The van der Waals surface area contributed by atoms with Crippen LogP contribution in [0.2, 0.25) is 0 Å². The van der Waals surface area contributed by atoms with Gasteiger partial charge in [0.1, 0.15) is 0 Å². The van der Waals surface area contributed by atoms with Gasteiger partial charge in [0.25, 0.3) is 0 Å². The molecule has 0 aliphatic carbocycles. The fraction of sp³-hybridized carbons (Fsp3) is 0.467. The number of rotatable bonds is 5. The maximum atomic E-state index is 9.77. The van der Waals surface area contributed by atoms with Gasteiger partial charge in [-0.2, -0.15) is 0 Å². The highest BCUT2D eigenvalue weighted by Gasteiger charge is 2.13. The van der Waals surface area contributed by atoms with E-state index >= 15 is 0 Å². The minimum atomic E-state index is -0.543. The van der Waals surface area contributed by atoms with Crippen LogP contribution >= 0.6 is 0 Å². The SMILES string of the molecule is C#Cc1cccc(NCC(O)COC(C)(C)C)c1. The Morgan fingerprint density at radius 2 is 2.17 bits per heavy atom. The number of hydrogen-bond donors (Lipinski definition) is 2. The third-order valence-electron chi connectivity index (χ3n) is 2.28. The lowest BCUT2D eigenvalue weighted by Crippen LogP contribution is -2.30. The molecular formula is C15H21NO2. The topological polar surface area (TPSA) is 41.5 Å². The van der Waals surface area contributed by atoms with Crippen LogP contribution < -0.4 is 5.32 Å². The summed E-state index contributed by atoms with van der Waals surface area (Å²) in [4.78, 5) is 0. The average molecular weight is 247 g/mol. The Balaban J connectivity index is 2.38. The molecule has 0 radical (unpaired) electrons. The molecule has 2 N–H and O–H groups in total. The number of aliphatic hydroxyl groups excluding tert-OH is 1. The van der Waals surface area contributed by atoms with Crippen molar-refractivity contribution in [1.29, 1.82) is 0 Å². The Bertz CT molecular complexity index is 415. The van der Waals surface area contributed by atoms with Crippen LogP contribution in [0.1, 0.15) is 26.3 Å². The summed E-state index contributed by atoms with van der Waals surface area (Å²) in [5.74, 6) is 2.57. The molecule has 0 saturated heterocycles. The zero-order valence-corrected chi connectivity index (χ0v) is 11.2. The standard InChI is InChI=1S/C15H21NO2/c1-5-12-7-6-8-13(9-12)16-10-14(17)11-18-15(2,3)4/h1,6-9,14,16-17H,10-11H2,2-4H3. The Labute approximate surface area is 109 Å². The second kappa shape index (κ2) is 6.44. The summed E-state index contributed by atoms with van der Waals surface area (Å²) in [7, 11) is 0. The third-order valence-corrected chi connectivity index (χ3v) is 2.28. The lowest BCUT2D eigenvalue weighted by atomic mass is 10.2. The van der Waals surface area contributed by atoms with Gasteiger partial charge >= 0.3 is 0 Å². The monoisotopic (exact) mass is 247 g/mol. The second-order valence-electron chi connectivity index (χ2n) is 5.18. The number of benzene rings is 1. The highest BCUT2D eigenvalue weighted by atomic mass is 16.5. The number of hydrogen-bond acceptors (Lipinski definition) is 3. The summed E-state index contributed by atoms with van der Waals surface area (Å²) in [6.07, 6.45) is 4.78. The third kappa shape index (κ3) is 5.72. The van der Waals surface area contributed by atoms with Crippen LogP contribution in [0.5, 0.6) is 0 Å². The van der Waals surface area contributed by atoms with Gasteiger partial charge in [-0.1, -0.05) is 12.0 Å². The van der Waals surface area contributed by atoms with Crippen LogP contribution in [-0.4, -0.2) is 30.0 Å². The zero-order valence-electron chi connectivity index (χ0n) is 11.2. The number of nitrogens with one attached hydrogen (secondary N) is 1. The summed E-state index contributed by atoms with van der Waals surface area (Å²) >= 11 is 0. The normalized spacial score (nSPS) is 12.8. The average Bonchev–Trinajstić information content (AvgIpc) is 2.33. The summed E-state index contributed by atoms with van der Waals surface area (Å²) in [6, 6.07) is 7.54. The molecule has 1 unspecified atom stereocenters. The molecule has 1 aromatic carbocycles. The van der Waals surface area contributed by atoms with E-state index in [2.05, 4.69) is 11.2 Å². The largest absolute Gasteiger partial charge is 0.389 e. The van der Waals surface area contributed by atoms with E-state index in [9.17, 15) is 5.11 Å². The van der Waals surface area contributed by atoms with E-state index < -0.39 is 6.10 Å². The molecule has 98 valence electrons. The molecule has 3 nitrogen and oxygen atoms in total. The summed E-state index contributed by atoms with van der Waals surface area (Å²) in [5.41, 5.74) is 1.49. The Morgan fingerprint density at radius 3 is 2.78 bits per heavy atom. The van der Waals surface area contributed by atoms with Crippen molar-refractivity contribution in [2.75, 3.05) is 18.5 Å². The highest BCUT2D eigenvalue weighted by Crippen LogP contribution is 2.10. The van der Waals surface area contributed by atoms with Gasteiger partial charge in [0.05, 0.1) is 18.3 Å². The zero-order chi connectivity index (χ0) is 13.6. The van der Waals surface area contributed by atoms with Gasteiger partial charge in [0.2, 0.25) is 0 Å². The van der Waals surface area contributed by atoms with Gasteiger partial charge in [-0.3, -0.25) is 0 Å². The molecule has 1 rings (SSSR count). The van der Waals surface area contributed by atoms with Crippen molar-refractivity contribution in [3.05, 3.63) is 29.8 Å². The van der Waals surface area contributed by atoms with Gasteiger partial charge in [-0.05, 0) is 39.0 Å². The molecule has 3 heteroatoms. The summed E-state index contributed by atoms with van der Waals surface area (Å²) in [6.45, 7) is 6.63. The molecule has 1 atom stereocenters. The van der Waals surface area contributed by atoms with Crippen molar-refractivity contribution in [3.63, 3.8) is 0 Å². The van der Waals surface area contributed by atoms with Gasteiger partial charge in [-0.15, -0.1) is 6.42 Å². The van der Waals surface area contributed by atoms with E-state index in [0.717, 1.165) is 11.3 Å². The first kappa shape index (κ1) is 14.6. The predicted octanol–water partition coefficient (Wildman–Crippen LogP) is 2.26. The van der Waals surface area contributed by atoms with Crippen molar-refractivity contribution in [2.45, 2.75) is 32.5 Å². The first-order valence-electron chi connectivity index (χ1n) is 6.03. The van der Waals surface area contributed by atoms with Crippen LogP contribution in [0.25, 0.3) is 0 Å². The van der Waals surface area contributed by atoms with E-state index in [0.29, 0.717) is 13.2 Å². The van der Waals surface area contributed by atoms with Gasteiger partial charge in [0.15, 0.2) is 0 Å². The molecular weight excluding hydrogens is 226 g/mol. The number of ether oxygens (including phenoxy) is 1. The number of terminal acetylenes is 1. The fourth-order valence-electron chi connectivity index (χ4n) is 1.36. The summed E-state index contributed by atoms with van der Waals surface area (Å²) in [5, 5.41) is 12.9. The Hall–Kier alpha value is -1.50. The molecule has 0 spiro atoms. The van der Waals surface area contributed by atoms with Crippen LogP contribution in [0.3, 0.4) is 0 Å². The van der Waals surface area contributed by atoms with Crippen molar-refractivity contribution in [1.82, 2.24) is 0 Å². The minimum absolute atomic E-state index is 0.232. The number of anilines is 1. The van der Waals surface area contributed by atoms with E-state index in [-0.39, 0.29) is 5.60 Å². The van der Waals surface area contributed by atoms with Crippen LogP contribution in [0.4, 0.5) is 5.69 Å². The first-order chi connectivity index (χ1) is 8.40. The molecule has 0 aliphatic heterocycles. The van der Waals surface area contributed by atoms with Gasteiger partial charge in [0, 0.05) is 17.8 Å². The minimum Gasteiger partial charge on any atom is -0.389 e. The van der Waals surface area contributed by atoms with E-state index in [4.69, 9.17) is 11.2 Å². The molecule has 0 saturated carbocycles. The molecule has 18 heavy (non-hydrogen) atoms. The van der Waals surface area contributed by atoms with E-state index in [1.54, 1.807) is 0 Å². The molecule has 1 aromatic rings. The van der Waals surface area contributed by atoms with Gasteiger partial charge < -0.3 is 15.2 Å². The summed E-state index contributed by atoms with van der Waals surface area (Å²) < 4.78 is 5.50. The van der Waals surface area contributed by atoms with Crippen molar-refractivity contribution in [3.8, 4) is 12.3 Å². The molecule has 0 bridgehead atoms. The molecule has 0 fully saturated rings. The van der Waals surface area contributed by atoms with Crippen molar-refractivity contribution >= 4 is 5.69 Å². The predicted molar refractivity (Wildman–Crippen MR) is 74.6 cm³/mol. The van der Waals surface area contributed by atoms with Crippen LogP contribution in [0, 0.1) is 12.3 Å². The maximum Gasteiger partial charge on any atom is 0.0945 e. The molecule has 0 amide bonds. The molecule has 0 aromatic heterocycles. The van der Waals surface area contributed by atoms with E-state index in [1.165, 1.54) is 0 Å². The van der Waals surface area contributed by atoms with E-state index in [1.807, 2.05) is 45.0 Å². The number of aliphatic hydroxyl groups is 1.